The Balaban J connectivity index is 1.07. The molecule has 0 unspecified atom stereocenters. The molecule has 3 nitrogen and oxygen atoms in total. The van der Waals surface area contributed by atoms with E-state index >= 15 is 0 Å². The lowest BCUT2D eigenvalue weighted by Crippen LogP contribution is -1.92. The Hall–Kier alpha value is -7.10. The van der Waals surface area contributed by atoms with E-state index in [0.717, 1.165) is 82.8 Å². The molecule has 0 aliphatic heterocycles. The number of hydrogen-bond acceptors (Lipinski definition) is 3. The number of rotatable bonds is 4. The number of furan rings is 1. The Morgan fingerprint density at radius 3 is 1.75 bits per heavy atom. The Morgan fingerprint density at radius 1 is 0.377 bits per heavy atom. The lowest BCUT2D eigenvalue weighted by molar-refractivity contribution is 0.670. The molecule has 0 spiro atoms. The first kappa shape index (κ1) is 29.6. The number of aromatic nitrogens is 2. The molecule has 53 heavy (non-hydrogen) atoms. The highest BCUT2D eigenvalue weighted by atomic mass is 16.3. The van der Waals surface area contributed by atoms with Gasteiger partial charge in [-0.2, -0.15) is 0 Å². The minimum atomic E-state index is 0.850. The van der Waals surface area contributed by atoms with Crippen molar-refractivity contribution in [2.75, 3.05) is 0 Å². The average molecular weight is 675 g/mol. The lowest BCUT2D eigenvalue weighted by atomic mass is 9.93. The van der Waals surface area contributed by atoms with Crippen molar-refractivity contribution in [1.29, 1.82) is 0 Å². The molecule has 0 saturated heterocycles. The number of benzene rings is 9. The van der Waals surface area contributed by atoms with Crippen molar-refractivity contribution < 1.29 is 4.42 Å². The van der Waals surface area contributed by atoms with Crippen LogP contribution in [0.3, 0.4) is 0 Å². The van der Waals surface area contributed by atoms with Crippen molar-refractivity contribution >= 4 is 65.3 Å². The predicted molar refractivity (Wildman–Crippen MR) is 221 cm³/mol. The third kappa shape index (κ3) is 4.75. The van der Waals surface area contributed by atoms with E-state index in [1.807, 2.05) is 6.20 Å². The number of fused-ring (bicyclic) bond motifs is 11. The summed E-state index contributed by atoms with van der Waals surface area (Å²) in [5, 5.41) is 9.29. The molecule has 2 heterocycles. The maximum absolute atomic E-state index is 6.74. The monoisotopic (exact) mass is 674 g/mol. The van der Waals surface area contributed by atoms with Gasteiger partial charge in [-0.05, 0) is 79.7 Å². The van der Waals surface area contributed by atoms with Crippen LogP contribution in [0, 0.1) is 0 Å². The smallest absolute Gasteiger partial charge is 0.143 e. The van der Waals surface area contributed by atoms with Crippen LogP contribution in [0.2, 0.25) is 0 Å². The van der Waals surface area contributed by atoms with Crippen LogP contribution in [-0.2, 0) is 0 Å². The summed E-state index contributed by atoms with van der Waals surface area (Å²) < 4.78 is 6.74. The summed E-state index contributed by atoms with van der Waals surface area (Å²) in [6.45, 7) is 0. The lowest BCUT2D eigenvalue weighted by Gasteiger charge is -2.12. The summed E-state index contributed by atoms with van der Waals surface area (Å²) in [5.41, 5.74) is 12.2. The Labute approximate surface area is 305 Å². The summed E-state index contributed by atoms with van der Waals surface area (Å²) in [6.07, 6.45) is 1.91. The zero-order valence-corrected chi connectivity index (χ0v) is 28.6. The maximum Gasteiger partial charge on any atom is 0.143 e. The predicted octanol–water partition coefficient (Wildman–Crippen LogP) is 13.7. The van der Waals surface area contributed by atoms with E-state index in [2.05, 4.69) is 176 Å². The van der Waals surface area contributed by atoms with Gasteiger partial charge >= 0.3 is 0 Å². The topological polar surface area (TPSA) is 38.9 Å². The summed E-state index contributed by atoms with van der Waals surface area (Å²) >= 11 is 0. The van der Waals surface area contributed by atoms with Gasteiger partial charge in [0.2, 0.25) is 0 Å². The van der Waals surface area contributed by atoms with Crippen molar-refractivity contribution in [3.63, 3.8) is 0 Å². The van der Waals surface area contributed by atoms with Gasteiger partial charge in [0.05, 0.1) is 22.9 Å². The van der Waals surface area contributed by atoms with Crippen LogP contribution in [0.1, 0.15) is 0 Å². The van der Waals surface area contributed by atoms with Gasteiger partial charge in [-0.3, -0.25) is 4.98 Å². The fraction of sp³-hybridized carbons (Fsp3) is 0. The molecule has 0 N–H and O–H groups in total. The second-order valence-electron chi connectivity index (χ2n) is 13.7. The van der Waals surface area contributed by atoms with Crippen LogP contribution < -0.4 is 0 Å². The van der Waals surface area contributed by atoms with Crippen molar-refractivity contribution in [1.82, 2.24) is 9.97 Å². The molecule has 246 valence electrons. The standard InChI is InChI=1S/C50H30N2O/c1-2-12-31(13-3-1)37-28-43(50-44(29-37)47-38-19-5-4-14-32(38)24-25-46(47)53-50)35-17-10-15-33(26-35)34-16-11-18-36(27-34)45-30-51-48-41-22-8-6-20-39(41)40-21-7-9-23-42(40)49(48)52-45/h1-30H. The molecule has 11 rings (SSSR count). The molecule has 0 saturated carbocycles. The first-order chi connectivity index (χ1) is 26.3. The van der Waals surface area contributed by atoms with E-state index < -0.39 is 0 Å². The van der Waals surface area contributed by atoms with Gasteiger partial charge in [0, 0.05) is 32.7 Å². The van der Waals surface area contributed by atoms with Crippen molar-refractivity contribution in [3.05, 3.63) is 182 Å². The molecule has 3 heteroatoms. The van der Waals surface area contributed by atoms with Gasteiger partial charge in [-0.25, -0.2) is 4.98 Å². The van der Waals surface area contributed by atoms with Crippen molar-refractivity contribution in [3.8, 4) is 44.6 Å². The van der Waals surface area contributed by atoms with E-state index in [4.69, 9.17) is 14.4 Å². The summed E-state index contributed by atoms with van der Waals surface area (Å²) in [4.78, 5) is 10.3. The van der Waals surface area contributed by atoms with Crippen LogP contribution in [0.5, 0.6) is 0 Å². The molecule has 0 aliphatic carbocycles. The van der Waals surface area contributed by atoms with Gasteiger partial charge < -0.3 is 4.42 Å². The second kappa shape index (κ2) is 11.7. The van der Waals surface area contributed by atoms with Crippen molar-refractivity contribution in [2.24, 2.45) is 0 Å². The van der Waals surface area contributed by atoms with Gasteiger partial charge in [-0.1, -0.05) is 146 Å². The van der Waals surface area contributed by atoms with Gasteiger partial charge in [-0.15, -0.1) is 0 Å². The number of hydrogen-bond donors (Lipinski definition) is 0. The van der Waals surface area contributed by atoms with E-state index in [-0.39, 0.29) is 0 Å². The zero-order valence-electron chi connectivity index (χ0n) is 28.6. The summed E-state index contributed by atoms with van der Waals surface area (Å²) in [7, 11) is 0. The highest BCUT2D eigenvalue weighted by Crippen LogP contribution is 2.43. The van der Waals surface area contributed by atoms with Crippen LogP contribution in [0.25, 0.3) is 110 Å². The van der Waals surface area contributed by atoms with Crippen molar-refractivity contribution in [2.45, 2.75) is 0 Å². The molecule has 0 radical (unpaired) electrons. The normalized spacial score (nSPS) is 11.8. The largest absolute Gasteiger partial charge is 0.455 e. The molecule has 11 aromatic rings. The number of nitrogens with zero attached hydrogens (tertiary/aromatic N) is 2. The Morgan fingerprint density at radius 2 is 0.981 bits per heavy atom. The van der Waals surface area contributed by atoms with Gasteiger partial charge in [0.1, 0.15) is 11.2 Å². The molecule has 2 aromatic heterocycles. The molecule has 0 amide bonds. The summed E-state index contributed by atoms with van der Waals surface area (Å²) in [6, 6.07) is 62.4. The third-order valence-corrected chi connectivity index (χ3v) is 10.7. The van der Waals surface area contributed by atoms with Crippen LogP contribution in [0.15, 0.2) is 187 Å². The molecule has 0 bridgehead atoms. The Kier molecular flexibility index (Phi) is 6.55. The Bertz CT molecular complexity index is 3200. The summed E-state index contributed by atoms with van der Waals surface area (Å²) in [5.74, 6) is 0. The maximum atomic E-state index is 6.74. The quantitative estimate of drug-likeness (QED) is 0.174. The fourth-order valence-corrected chi connectivity index (χ4v) is 8.15. The van der Waals surface area contributed by atoms with Crippen LogP contribution >= 0.6 is 0 Å². The van der Waals surface area contributed by atoms with E-state index in [1.165, 1.54) is 27.1 Å². The average Bonchev–Trinajstić information content (AvgIpc) is 3.63. The van der Waals surface area contributed by atoms with E-state index in [9.17, 15) is 0 Å². The highest BCUT2D eigenvalue weighted by molar-refractivity contribution is 6.23. The molecule has 9 aromatic carbocycles. The zero-order chi connectivity index (χ0) is 34.9. The van der Waals surface area contributed by atoms with Crippen LogP contribution in [0.4, 0.5) is 0 Å². The molecular weight excluding hydrogens is 645 g/mol. The minimum Gasteiger partial charge on any atom is -0.455 e. The first-order valence-corrected chi connectivity index (χ1v) is 18.0. The third-order valence-electron chi connectivity index (χ3n) is 10.7. The van der Waals surface area contributed by atoms with E-state index in [0.29, 0.717) is 0 Å². The SMILES string of the molecule is c1ccc(-c2cc(-c3cccc(-c4cccc(-c5cnc6c7ccccc7c7ccccc7c6n5)c4)c3)c3oc4ccc5ccccc5c4c3c2)cc1. The second-order valence-corrected chi connectivity index (χ2v) is 13.7. The fourth-order valence-electron chi connectivity index (χ4n) is 8.15. The molecule has 0 aliphatic rings. The minimum absolute atomic E-state index is 0.850. The van der Waals surface area contributed by atoms with Gasteiger partial charge in [0.25, 0.3) is 0 Å². The molecule has 0 fully saturated rings. The van der Waals surface area contributed by atoms with E-state index in [1.54, 1.807) is 0 Å². The highest BCUT2D eigenvalue weighted by Gasteiger charge is 2.18. The van der Waals surface area contributed by atoms with Gasteiger partial charge in [0.15, 0.2) is 0 Å². The first-order valence-electron chi connectivity index (χ1n) is 18.0. The van der Waals surface area contributed by atoms with Crippen LogP contribution in [-0.4, -0.2) is 9.97 Å². The molecule has 0 atom stereocenters. The molecular formula is C50H30N2O.